The quantitative estimate of drug-likeness (QED) is 0.395. The lowest BCUT2D eigenvalue weighted by molar-refractivity contribution is -0.115. The van der Waals surface area contributed by atoms with Gasteiger partial charge in [0.05, 0.1) is 17.8 Å². The van der Waals surface area contributed by atoms with E-state index in [4.69, 9.17) is 11.6 Å². The second-order valence-corrected chi connectivity index (χ2v) is 7.83. The highest BCUT2D eigenvalue weighted by molar-refractivity contribution is 7.99. The van der Waals surface area contributed by atoms with Crippen molar-refractivity contribution in [3.63, 3.8) is 0 Å². The van der Waals surface area contributed by atoms with Gasteiger partial charge >= 0.3 is 0 Å². The maximum Gasteiger partial charge on any atom is 0.230 e. The fourth-order valence-electron chi connectivity index (χ4n) is 2.35. The average Bonchev–Trinajstić information content (AvgIpc) is 3.09. The Kier molecular flexibility index (Phi) is 6.50. The molecule has 0 aliphatic heterocycles. The number of hydrogen-bond donors (Lipinski definition) is 1. The van der Waals surface area contributed by atoms with Crippen molar-refractivity contribution in [2.45, 2.75) is 11.3 Å². The normalized spacial score (nSPS) is 10.5. The third-order valence-electron chi connectivity index (χ3n) is 3.48. The first-order chi connectivity index (χ1) is 12.7. The molecular formula is C20H17ClN2OS2. The molecule has 3 aromatic rings. The largest absolute Gasteiger partial charge is 0.325 e. The van der Waals surface area contributed by atoms with E-state index in [0.717, 1.165) is 32.6 Å². The van der Waals surface area contributed by atoms with Gasteiger partial charge in [-0.25, -0.2) is 4.98 Å². The van der Waals surface area contributed by atoms with E-state index in [-0.39, 0.29) is 12.3 Å². The summed E-state index contributed by atoms with van der Waals surface area (Å²) in [4.78, 5) is 18.0. The van der Waals surface area contributed by atoms with Crippen LogP contribution in [0.5, 0.6) is 0 Å². The molecule has 0 saturated heterocycles. The molecule has 0 aliphatic rings. The molecular weight excluding hydrogens is 384 g/mol. The third-order valence-corrected chi connectivity index (χ3v) is 5.73. The first kappa shape index (κ1) is 18.7. The molecule has 1 N–H and O–H groups in total. The fourth-order valence-corrected chi connectivity index (χ4v) is 4.10. The molecule has 0 unspecified atom stereocenters. The Labute approximate surface area is 166 Å². The first-order valence-corrected chi connectivity index (χ1v) is 10.2. The van der Waals surface area contributed by atoms with Gasteiger partial charge in [0.15, 0.2) is 0 Å². The summed E-state index contributed by atoms with van der Waals surface area (Å²) < 4.78 is 0. The zero-order valence-electron chi connectivity index (χ0n) is 13.9. The van der Waals surface area contributed by atoms with E-state index in [1.807, 2.05) is 60.0 Å². The van der Waals surface area contributed by atoms with Crippen molar-refractivity contribution in [1.82, 2.24) is 4.98 Å². The van der Waals surface area contributed by atoms with Crippen LogP contribution in [-0.2, 0) is 11.2 Å². The third kappa shape index (κ3) is 4.97. The van der Waals surface area contributed by atoms with Crippen LogP contribution in [0, 0.1) is 0 Å². The number of nitrogens with one attached hydrogen (secondary N) is 1. The molecule has 0 atom stereocenters. The highest BCUT2D eigenvalue weighted by atomic mass is 35.5. The van der Waals surface area contributed by atoms with Gasteiger partial charge in [-0.2, -0.15) is 0 Å². The molecule has 132 valence electrons. The molecule has 1 heterocycles. The lowest BCUT2D eigenvalue weighted by Gasteiger charge is -2.09. The lowest BCUT2D eigenvalue weighted by Crippen LogP contribution is -2.15. The molecule has 3 nitrogen and oxygen atoms in total. The van der Waals surface area contributed by atoms with Gasteiger partial charge in [0.25, 0.3) is 0 Å². The van der Waals surface area contributed by atoms with E-state index in [1.165, 1.54) is 11.3 Å². The number of carbonyl (C=O) groups excluding carboxylic acids is 1. The van der Waals surface area contributed by atoms with Gasteiger partial charge in [-0.1, -0.05) is 41.9 Å². The van der Waals surface area contributed by atoms with Gasteiger partial charge in [-0.05, 0) is 24.3 Å². The SMILES string of the molecule is C=CCSc1ccccc1NC(=O)Cc1csc(-c2cccc(Cl)c2)n1. The predicted octanol–water partition coefficient (Wildman–Crippen LogP) is 5.92. The second-order valence-electron chi connectivity index (χ2n) is 5.48. The number of halogens is 1. The highest BCUT2D eigenvalue weighted by Gasteiger charge is 2.11. The molecule has 0 spiro atoms. The Bertz CT molecular complexity index is 923. The Morgan fingerprint density at radius 1 is 1.27 bits per heavy atom. The monoisotopic (exact) mass is 400 g/mol. The Hall–Kier alpha value is -2.08. The molecule has 0 bridgehead atoms. The van der Waals surface area contributed by atoms with Crippen molar-refractivity contribution in [2.75, 3.05) is 11.1 Å². The van der Waals surface area contributed by atoms with E-state index in [9.17, 15) is 4.79 Å². The summed E-state index contributed by atoms with van der Waals surface area (Å²) in [5.74, 6) is 0.710. The summed E-state index contributed by atoms with van der Waals surface area (Å²) in [6.07, 6.45) is 2.08. The number of aromatic nitrogens is 1. The van der Waals surface area contributed by atoms with E-state index in [0.29, 0.717) is 5.02 Å². The zero-order valence-corrected chi connectivity index (χ0v) is 16.3. The number of hydrogen-bond acceptors (Lipinski definition) is 4. The summed E-state index contributed by atoms with van der Waals surface area (Å²) in [7, 11) is 0. The minimum absolute atomic E-state index is 0.0837. The molecule has 6 heteroatoms. The Morgan fingerprint density at radius 2 is 2.12 bits per heavy atom. The molecule has 0 fully saturated rings. The number of carbonyl (C=O) groups is 1. The van der Waals surface area contributed by atoms with E-state index < -0.39 is 0 Å². The Balaban J connectivity index is 1.67. The molecule has 26 heavy (non-hydrogen) atoms. The van der Waals surface area contributed by atoms with Gasteiger partial charge in [-0.15, -0.1) is 29.7 Å². The van der Waals surface area contributed by atoms with Crippen molar-refractivity contribution in [3.05, 3.63) is 77.3 Å². The minimum atomic E-state index is -0.0837. The van der Waals surface area contributed by atoms with Crippen LogP contribution in [-0.4, -0.2) is 16.6 Å². The maximum absolute atomic E-state index is 12.4. The van der Waals surface area contributed by atoms with Crippen LogP contribution in [0.25, 0.3) is 10.6 Å². The number of anilines is 1. The highest BCUT2D eigenvalue weighted by Crippen LogP contribution is 2.28. The van der Waals surface area contributed by atoms with E-state index >= 15 is 0 Å². The molecule has 0 radical (unpaired) electrons. The summed E-state index contributed by atoms with van der Waals surface area (Å²) in [6.45, 7) is 3.73. The Morgan fingerprint density at radius 3 is 2.92 bits per heavy atom. The zero-order chi connectivity index (χ0) is 18.4. The molecule has 0 saturated carbocycles. The summed E-state index contributed by atoms with van der Waals surface area (Å²) in [5.41, 5.74) is 2.52. The van der Waals surface area contributed by atoms with Gasteiger partial charge in [0.2, 0.25) is 5.91 Å². The summed E-state index contributed by atoms with van der Waals surface area (Å²) >= 11 is 9.18. The standard InChI is InChI=1S/C20H17ClN2OS2/c1-2-10-25-18-9-4-3-8-17(18)23-19(24)12-16-13-26-20(22-16)14-6-5-7-15(21)11-14/h2-9,11,13H,1,10,12H2,(H,23,24). The number of thiazole rings is 1. The van der Waals surface area contributed by atoms with Crippen molar-refractivity contribution >= 4 is 46.3 Å². The van der Waals surface area contributed by atoms with Crippen LogP contribution in [0.2, 0.25) is 5.02 Å². The van der Waals surface area contributed by atoms with E-state index in [1.54, 1.807) is 11.8 Å². The molecule has 2 aromatic carbocycles. The second kappa shape index (κ2) is 9.03. The molecule has 1 amide bonds. The summed E-state index contributed by atoms with van der Waals surface area (Å²) in [5, 5.41) is 6.42. The lowest BCUT2D eigenvalue weighted by atomic mass is 10.2. The van der Waals surface area contributed by atoms with Crippen LogP contribution in [0.3, 0.4) is 0 Å². The van der Waals surface area contributed by atoms with Crippen LogP contribution in [0.1, 0.15) is 5.69 Å². The number of amides is 1. The van der Waals surface area contributed by atoms with Crippen LogP contribution >= 0.6 is 34.7 Å². The smallest absolute Gasteiger partial charge is 0.230 e. The van der Waals surface area contributed by atoms with Crippen molar-refractivity contribution < 1.29 is 4.79 Å². The van der Waals surface area contributed by atoms with Gasteiger partial charge < -0.3 is 5.32 Å². The maximum atomic E-state index is 12.4. The number of nitrogens with zero attached hydrogens (tertiary/aromatic N) is 1. The van der Waals surface area contributed by atoms with Crippen LogP contribution in [0.15, 0.2) is 71.5 Å². The minimum Gasteiger partial charge on any atom is -0.325 e. The van der Waals surface area contributed by atoms with Crippen LogP contribution in [0.4, 0.5) is 5.69 Å². The van der Waals surface area contributed by atoms with Crippen LogP contribution < -0.4 is 5.32 Å². The van der Waals surface area contributed by atoms with Crippen molar-refractivity contribution in [1.29, 1.82) is 0 Å². The summed E-state index contributed by atoms with van der Waals surface area (Å²) in [6, 6.07) is 15.3. The van der Waals surface area contributed by atoms with Gasteiger partial charge in [0, 0.05) is 26.6 Å². The topological polar surface area (TPSA) is 42.0 Å². The average molecular weight is 401 g/mol. The number of para-hydroxylation sites is 1. The van der Waals surface area contributed by atoms with Crippen molar-refractivity contribution in [2.24, 2.45) is 0 Å². The number of thioether (sulfide) groups is 1. The molecule has 3 rings (SSSR count). The molecule has 1 aromatic heterocycles. The first-order valence-electron chi connectivity index (χ1n) is 7.98. The predicted molar refractivity (Wildman–Crippen MR) is 112 cm³/mol. The van der Waals surface area contributed by atoms with Gasteiger partial charge in [-0.3, -0.25) is 4.79 Å². The van der Waals surface area contributed by atoms with E-state index in [2.05, 4.69) is 16.9 Å². The fraction of sp³-hybridized carbons (Fsp3) is 0.100. The number of benzene rings is 2. The molecule has 0 aliphatic carbocycles. The van der Waals surface area contributed by atoms with Gasteiger partial charge in [0.1, 0.15) is 5.01 Å². The number of rotatable bonds is 7. The van der Waals surface area contributed by atoms with Crippen molar-refractivity contribution in [3.8, 4) is 10.6 Å².